The molecule has 2 aromatic carbocycles. The van der Waals surface area contributed by atoms with Gasteiger partial charge in [0.05, 0.1) is 29.3 Å². The molecule has 2 aliphatic rings. The van der Waals surface area contributed by atoms with E-state index in [-0.39, 0.29) is 24.3 Å². The zero-order valence-corrected chi connectivity index (χ0v) is 17.3. The Morgan fingerprint density at radius 1 is 0.968 bits per heavy atom. The van der Waals surface area contributed by atoms with Crippen molar-refractivity contribution in [2.75, 3.05) is 45.1 Å². The lowest BCUT2D eigenvalue weighted by atomic mass is 10.1. The average molecular weight is 417 g/mol. The van der Waals surface area contributed by atoms with Crippen molar-refractivity contribution in [1.82, 2.24) is 14.7 Å². The van der Waals surface area contributed by atoms with Crippen LogP contribution in [0.3, 0.4) is 0 Å². The van der Waals surface area contributed by atoms with Crippen LogP contribution < -0.4 is 5.32 Å². The zero-order chi connectivity index (χ0) is 22.0. The molecule has 0 bridgehead atoms. The molecular formula is C23H23N5O3. The molecule has 0 unspecified atom stereocenters. The third kappa shape index (κ3) is 4.48. The van der Waals surface area contributed by atoms with Crippen molar-refractivity contribution in [3.8, 4) is 6.07 Å². The highest BCUT2D eigenvalue weighted by Crippen LogP contribution is 2.24. The summed E-state index contributed by atoms with van der Waals surface area (Å²) in [6.45, 7) is 4.37. The lowest BCUT2D eigenvalue weighted by Gasteiger charge is -2.34. The Morgan fingerprint density at radius 2 is 1.61 bits per heavy atom. The zero-order valence-electron chi connectivity index (χ0n) is 17.3. The third-order valence-corrected chi connectivity index (χ3v) is 5.69. The van der Waals surface area contributed by atoms with Gasteiger partial charge < -0.3 is 5.32 Å². The topological polar surface area (TPSA) is 96.8 Å². The largest absolute Gasteiger partial charge is 0.325 e. The van der Waals surface area contributed by atoms with E-state index >= 15 is 0 Å². The Bertz CT molecular complexity index is 1070. The van der Waals surface area contributed by atoms with E-state index in [0.29, 0.717) is 22.4 Å². The van der Waals surface area contributed by atoms with Crippen LogP contribution >= 0.6 is 0 Å². The minimum absolute atomic E-state index is 0.148. The Labute approximate surface area is 180 Å². The first-order valence-corrected chi connectivity index (χ1v) is 10.1. The molecule has 2 heterocycles. The van der Waals surface area contributed by atoms with Crippen molar-refractivity contribution in [1.29, 1.82) is 5.26 Å². The Morgan fingerprint density at radius 3 is 2.29 bits per heavy atom. The van der Waals surface area contributed by atoms with Crippen molar-refractivity contribution in [3.05, 3.63) is 64.7 Å². The molecule has 1 fully saturated rings. The maximum Gasteiger partial charge on any atom is 0.261 e. The van der Waals surface area contributed by atoms with Crippen LogP contribution in [-0.4, -0.2) is 72.2 Å². The molecule has 1 saturated heterocycles. The van der Waals surface area contributed by atoms with Gasteiger partial charge in [0, 0.05) is 45.5 Å². The summed E-state index contributed by atoms with van der Waals surface area (Å²) in [5.74, 6) is -0.822. The van der Waals surface area contributed by atoms with Crippen LogP contribution in [-0.2, 0) is 11.3 Å². The Hall–Kier alpha value is -3.54. The molecule has 0 saturated carbocycles. The number of rotatable bonds is 5. The molecule has 3 amide bonds. The maximum absolute atomic E-state index is 12.5. The molecule has 8 heteroatoms. The van der Waals surface area contributed by atoms with Crippen molar-refractivity contribution in [2.24, 2.45) is 0 Å². The number of nitriles is 1. The van der Waals surface area contributed by atoms with Gasteiger partial charge in [-0.15, -0.1) is 0 Å². The van der Waals surface area contributed by atoms with Crippen molar-refractivity contribution in [2.45, 2.75) is 6.54 Å². The summed E-state index contributed by atoms with van der Waals surface area (Å²) in [4.78, 5) is 42.1. The van der Waals surface area contributed by atoms with Crippen LogP contribution in [0, 0.1) is 11.3 Å². The lowest BCUT2D eigenvalue weighted by molar-refractivity contribution is -0.117. The Balaban J connectivity index is 1.26. The third-order valence-electron chi connectivity index (χ3n) is 5.69. The highest BCUT2D eigenvalue weighted by Gasteiger charge is 2.32. The van der Waals surface area contributed by atoms with Gasteiger partial charge in [0.2, 0.25) is 5.91 Å². The quantitative estimate of drug-likeness (QED) is 0.742. The molecule has 2 aromatic rings. The van der Waals surface area contributed by atoms with Crippen LogP contribution in [0.25, 0.3) is 0 Å². The number of carbonyl (C=O) groups excluding carboxylic acids is 3. The fourth-order valence-electron chi connectivity index (χ4n) is 3.89. The number of anilines is 1. The van der Waals surface area contributed by atoms with E-state index in [9.17, 15) is 14.4 Å². The normalized spacial score (nSPS) is 16.8. The molecule has 0 atom stereocenters. The number of carbonyl (C=O) groups is 3. The highest BCUT2D eigenvalue weighted by atomic mass is 16.2. The van der Waals surface area contributed by atoms with Gasteiger partial charge >= 0.3 is 0 Å². The molecule has 8 nitrogen and oxygen atoms in total. The second-order valence-electron chi connectivity index (χ2n) is 7.84. The van der Waals surface area contributed by atoms with Gasteiger partial charge in [-0.2, -0.15) is 5.26 Å². The fraction of sp³-hybridized carbons (Fsp3) is 0.304. The number of nitrogens with one attached hydrogen (secondary N) is 1. The molecule has 0 aromatic heterocycles. The predicted molar refractivity (Wildman–Crippen MR) is 114 cm³/mol. The van der Waals surface area contributed by atoms with Crippen molar-refractivity contribution in [3.63, 3.8) is 0 Å². The second kappa shape index (κ2) is 8.68. The summed E-state index contributed by atoms with van der Waals surface area (Å²) in [5, 5.41) is 11.7. The number of hydrogen-bond donors (Lipinski definition) is 1. The summed E-state index contributed by atoms with van der Waals surface area (Å²) < 4.78 is 0. The summed E-state index contributed by atoms with van der Waals surface area (Å²) in [7, 11) is 1.45. The first-order chi connectivity index (χ1) is 14.9. The van der Waals surface area contributed by atoms with Gasteiger partial charge in [-0.05, 0) is 35.9 Å². The maximum atomic E-state index is 12.5. The van der Waals surface area contributed by atoms with Gasteiger partial charge in [0.1, 0.15) is 0 Å². The van der Waals surface area contributed by atoms with Gasteiger partial charge in [-0.25, -0.2) is 0 Å². The number of fused-ring (bicyclic) bond motifs is 1. The first-order valence-electron chi connectivity index (χ1n) is 10.1. The second-order valence-corrected chi connectivity index (χ2v) is 7.84. The molecule has 2 aliphatic heterocycles. The first kappa shape index (κ1) is 20.7. The standard InChI is InChI=1S/C23H23N5O3/c1-26-22(30)19-7-6-18(12-20(19)23(26)31)25-21(29)15-28-10-8-27(9-11-28)14-17-4-2-16(13-24)3-5-17/h2-7,12H,8-11,14-15H2,1H3,(H,25,29). The van der Waals surface area contributed by atoms with E-state index in [0.717, 1.165) is 37.6 Å². The molecule has 0 spiro atoms. The fourth-order valence-corrected chi connectivity index (χ4v) is 3.89. The number of nitrogens with zero attached hydrogens (tertiary/aromatic N) is 4. The van der Waals surface area contributed by atoms with E-state index in [1.165, 1.54) is 12.6 Å². The van der Waals surface area contributed by atoms with Crippen LogP contribution in [0.5, 0.6) is 0 Å². The summed E-state index contributed by atoms with van der Waals surface area (Å²) in [6.07, 6.45) is 0. The minimum Gasteiger partial charge on any atom is -0.325 e. The van der Waals surface area contributed by atoms with Crippen LogP contribution in [0.1, 0.15) is 31.8 Å². The number of amides is 3. The van der Waals surface area contributed by atoms with Crippen molar-refractivity contribution < 1.29 is 14.4 Å². The van der Waals surface area contributed by atoms with Crippen LogP contribution in [0.2, 0.25) is 0 Å². The summed E-state index contributed by atoms with van der Waals surface area (Å²) in [5.41, 5.74) is 3.02. The molecule has 4 rings (SSSR count). The molecule has 31 heavy (non-hydrogen) atoms. The van der Waals surface area contributed by atoms with Crippen molar-refractivity contribution >= 4 is 23.4 Å². The lowest BCUT2D eigenvalue weighted by Crippen LogP contribution is -2.48. The Kier molecular flexibility index (Phi) is 5.80. The van der Waals surface area contributed by atoms with E-state index in [1.54, 1.807) is 18.2 Å². The predicted octanol–water partition coefficient (Wildman–Crippen LogP) is 1.54. The SMILES string of the molecule is CN1C(=O)c2ccc(NC(=O)CN3CCN(Cc4ccc(C#N)cc4)CC3)cc2C1=O. The van der Waals surface area contributed by atoms with Gasteiger partial charge in [0.25, 0.3) is 11.8 Å². The van der Waals surface area contributed by atoms with E-state index in [4.69, 9.17) is 5.26 Å². The molecule has 0 aliphatic carbocycles. The van der Waals surface area contributed by atoms with Crippen LogP contribution in [0.15, 0.2) is 42.5 Å². The summed E-state index contributed by atoms with van der Waals surface area (Å²) >= 11 is 0. The van der Waals surface area contributed by atoms with E-state index in [2.05, 4.69) is 21.2 Å². The van der Waals surface area contributed by atoms with Gasteiger partial charge in [-0.3, -0.25) is 29.1 Å². The monoisotopic (exact) mass is 417 g/mol. The number of hydrogen-bond acceptors (Lipinski definition) is 6. The highest BCUT2D eigenvalue weighted by molar-refractivity contribution is 6.21. The minimum atomic E-state index is -0.352. The van der Waals surface area contributed by atoms with Crippen LogP contribution in [0.4, 0.5) is 5.69 Å². The van der Waals surface area contributed by atoms with E-state index < -0.39 is 0 Å². The average Bonchev–Trinajstić information content (AvgIpc) is 2.99. The molecule has 158 valence electrons. The number of benzene rings is 2. The number of imide groups is 1. The summed E-state index contributed by atoms with van der Waals surface area (Å²) in [6, 6.07) is 14.5. The number of piperazine rings is 1. The molecule has 0 radical (unpaired) electrons. The van der Waals surface area contributed by atoms with Gasteiger partial charge in [0.15, 0.2) is 0 Å². The molecule has 1 N–H and O–H groups in total. The molecular weight excluding hydrogens is 394 g/mol. The van der Waals surface area contributed by atoms with E-state index in [1.807, 2.05) is 24.3 Å². The smallest absolute Gasteiger partial charge is 0.261 e. The van der Waals surface area contributed by atoms with Gasteiger partial charge in [-0.1, -0.05) is 12.1 Å².